The van der Waals surface area contributed by atoms with Gasteiger partial charge in [-0.2, -0.15) is 0 Å². The molecule has 0 saturated heterocycles. The van der Waals surface area contributed by atoms with E-state index in [0.717, 1.165) is 11.8 Å². The standard InChI is InChI=1S/C4H7NO2S/c1-3(5)8-2-4(6)7/h5H,2H2,1H3,(H,6,7). The highest BCUT2D eigenvalue weighted by Crippen LogP contribution is 1.98. The Morgan fingerprint density at radius 1 is 1.88 bits per heavy atom. The molecule has 8 heavy (non-hydrogen) atoms. The van der Waals surface area contributed by atoms with Gasteiger partial charge < -0.3 is 5.11 Å². The third-order valence-corrected chi connectivity index (χ3v) is 1.24. The molecule has 0 spiro atoms. The Balaban J connectivity index is 3.18. The lowest BCUT2D eigenvalue weighted by Gasteiger charge is -1.89. The van der Waals surface area contributed by atoms with Gasteiger partial charge in [0, 0.05) is 0 Å². The van der Waals surface area contributed by atoms with E-state index in [0.29, 0.717) is 5.04 Å². The van der Waals surface area contributed by atoms with E-state index < -0.39 is 5.97 Å². The number of carbonyl (C=O) groups is 1. The normalized spacial score (nSPS) is 8.62. The summed E-state index contributed by atoms with van der Waals surface area (Å²) in [7, 11) is 0. The molecule has 46 valence electrons. The third-order valence-electron chi connectivity index (χ3n) is 0.412. The second kappa shape index (κ2) is 3.49. The molecule has 3 nitrogen and oxygen atoms in total. The van der Waals surface area contributed by atoms with Crippen molar-refractivity contribution in [3.63, 3.8) is 0 Å². The molecule has 0 fully saturated rings. The maximum atomic E-state index is 9.79. The zero-order valence-electron chi connectivity index (χ0n) is 4.47. The number of rotatable bonds is 2. The van der Waals surface area contributed by atoms with Gasteiger partial charge >= 0.3 is 5.97 Å². The van der Waals surface area contributed by atoms with E-state index in [1.165, 1.54) is 0 Å². The molecule has 0 aromatic rings. The summed E-state index contributed by atoms with van der Waals surface area (Å²) >= 11 is 1.02. The van der Waals surface area contributed by atoms with Crippen molar-refractivity contribution in [3.8, 4) is 0 Å². The molecule has 0 rings (SSSR count). The Labute approximate surface area is 51.6 Å². The van der Waals surface area contributed by atoms with Gasteiger partial charge in [-0.05, 0) is 6.92 Å². The molecule has 0 heterocycles. The van der Waals surface area contributed by atoms with E-state index in [4.69, 9.17) is 10.5 Å². The predicted octanol–water partition coefficient (Wildman–Crippen LogP) is 0.801. The van der Waals surface area contributed by atoms with Crippen LogP contribution in [0.2, 0.25) is 0 Å². The van der Waals surface area contributed by atoms with Crippen molar-refractivity contribution >= 4 is 22.8 Å². The summed E-state index contributed by atoms with van der Waals surface area (Å²) in [5.41, 5.74) is 0. The fraction of sp³-hybridized carbons (Fsp3) is 0.500. The van der Waals surface area contributed by atoms with Crippen molar-refractivity contribution < 1.29 is 9.90 Å². The van der Waals surface area contributed by atoms with E-state index in [1.54, 1.807) is 6.92 Å². The average molecular weight is 133 g/mol. The van der Waals surface area contributed by atoms with Crippen molar-refractivity contribution in [2.24, 2.45) is 0 Å². The number of nitrogens with one attached hydrogen (secondary N) is 1. The lowest BCUT2D eigenvalue weighted by Crippen LogP contribution is -1.99. The Kier molecular flexibility index (Phi) is 3.26. The zero-order chi connectivity index (χ0) is 6.57. The first kappa shape index (κ1) is 7.49. The maximum Gasteiger partial charge on any atom is 0.313 e. The highest BCUT2D eigenvalue weighted by atomic mass is 32.2. The van der Waals surface area contributed by atoms with Gasteiger partial charge in [-0.1, -0.05) is 0 Å². The Morgan fingerprint density at radius 3 is 2.50 bits per heavy atom. The summed E-state index contributed by atoms with van der Waals surface area (Å²) in [6.45, 7) is 1.56. The van der Waals surface area contributed by atoms with Crippen LogP contribution in [0.3, 0.4) is 0 Å². The molecule has 0 unspecified atom stereocenters. The molecule has 0 aromatic carbocycles. The Bertz CT molecular complexity index is 98.6. The summed E-state index contributed by atoms with van der Waals surface area (Å²) in [6.07, 6.45) is 0. The van der Waals surface area contributed by atoms with E-state index in [-0.39, 0.29) is 5.75 Å². The first-order valence-corrected chi connectivity index (χ1v) is 3.01. The van der Waals surface area contributed by atoms with Crippen molar-refractivity contribution in [2.75, 3.05) is 5.75 Å². The topological polar surface area (TPSA) is 61.2 Å². The van der Waals surface area contributed by atoms with Crippen LogP contribution in [0.25, 0.3) is 0 Å². The minimum absolute atomic E-state index is 0.00463. The van der Waals surface area contributed by atoms with E-state index in [1.807, 2.05) is 0 Å². The number of hydrogen-bond donors (Lipinski definition) is 2. The van der Waals surface area contributed by atoms with E-state index in [9.17, 15) is 4.79 Å². The smallest absolute Gasteiger partial charge is 0.313 e. The molecule has 2 N–H and O–H groups in total. The molecular formula is C4H7NO2S. The summed E-state index contributed by atoms with van der Waals surface area (Å²) in [4.78, 5) is 9.79. The fourth-order valence-corrected chi connectivity index (χ4v) is 0.510. The number of thioether (sulfide) groups is 1. The highest BCUT2D eigenvalue weighted by molar-refractivity contribution is 8.14. The first-order valence-electron chi connectivity index (χ1n) is 2.02. The van der Waals surface area contributed by atoms with Crippen molar-refractivity contribution in [2.45, 2.75) is 6.92 Å². The quantitative estimate of drug-likeness (QED) is 0.432. The largest absolute Gasteiger partial charge is 0.481 e. The van der Waals surface area contributed by atoms with Crippen molar-refractivity contribution in [1.29, 1.82) is 5.41 Å². The lowest BCUT2D eigenvalue weighted by molar-refractivity contribution is -0.133. The molecule has 4 heteroatoms. The van der Waals surface area contributed by atoms with Gasteiger partial charge in [0.15, 0.2) is 0 Å². The molecule has 0 aliphatic rings. The SMILES string of the molecule is CC(=N)SCC(=O)O. The van der Waals surface area contributed by atoms with Gasteiger partial charge in [0.2, 0.25) is 0 Å². The molecule has 0 amide bonds. The van der Waals surface area contributed by atoms with Crippen LogP contribution in [0, 0.1) is 5.41 Å². The monoisotopic (exact) mass is 133 g/mol. The zero-order valence-corrected chi connectivity index (χ0v) is 5.29. The summed E-state index contributed by atoms with van der Waals surface area (Å²) in [5.74, 6) is -0.878. The second-order valence-corrected chi connectivity index (χ2v) is 2.43. The van der Waals surface area contributed by atoms with Gasteiger partial charge in [-0.25, -0.2) is 0 Å². The van der Waals surface area contributed by atoms with Crippen LogP contribution in [0.5, 0.6) is 0 Å². The molecule has 0 aliphatic carbocycles. The molecular weight excluding hydrogens is 126 g/mol. The summed E-state index contributed by atoms with van der Waals surface area (Å²) in [5, 5.41) is 15.2. The first-order chi connectivity index (χ1) is 3.63. The van der Waals surface area contributed by atoms with Crippen LogP contribution in [0.15, 0.2) is 0 Å². The molecule has 0 aromatic heterocycles. The minimum atomic E-state index is -0.874. The maximum absolute atomic E-state index is 9.79. The van der Waals surface area contributed by atoms with Gasteiger partial charge in [0.05, 0.1) is 10.8 Å². The highest BCUT2D eigenvalue weighted by Gasteiger charge is 1.95. The predicted molar refractivity (Wildman–Crippen MR) is 33.5 cm³/mol. The number of carboxylic acids is 1. The van der Waals surface area contributed by atoms with Gasteiger partial charge in [-0.3, -0.25) is 10.2 Å². The van der Waals surface area contributed by atoms with E-state index >= 15 is 0 Å². The van der Waals surface area contributed by atoms with Gasteiger partial charge in [0.25, 0.3) is 0 Å². The van der Waals surface area contributed by atoms with Crippen molar-refractivity contribution in [1.82, 2.24) is 0 Å². The Hall–Kier alpha value is -0.510. The van der Waals surface area contributed by atoms with Crippen LogP contribution >= 0.6 is 11.8 Å². The summed E-state index contributed by atoms with van der Waals surface area (Å²) in [6, 6.07) is 0. The van der Waals surface area contributed by atoms with Crippen LogP contribution in [-0.2, 0) is 4.79 Å². The van der Waals surface area contributed by atoms with Gasteiger partial charge in [0.1, 0.15) is 0 Å². The van der Waals surface area contributed by atoms with Crippen LogP contribution in [-0.4, -0.2) is 21.9 Å². The summed E-state index contributed by atoms with van der Waals surface area (Å²) < 4.78 is 0. The molecule has 0 radical (unpaired) electrons. The van der Waals surface area contributed by atoms with Crippen LogP contribution < -0.4 is 0 Å². The molecule has 0 atom stereocenters. The number of aliphatic carboxylic acids is 1. The lowest BCUT2D eigenvalue weighted by atomic mass is 10.8. The average Bonchev–Trinajstić information content (AvgIpc) is 1.61. The Morgan fingerprint density at radius 2 is 2.38 bits per heavy atom. The molecule has 0 aliphatic heterocycles. The minimum Gasteiger partial charge on any atom is -0.481 e. The molecule has 0 bridgehead atoms. The third kappa shape index (κ3) is 5.49. The molecule has 0 saturated carbocycles. The number of carboxylic acid groups (broad SMARTS) is 1. The van der Waals surface area contributed by atoms with Crippen molar-refractivity contribution in [3.05, 3.63) is 0 Å². The number of hydrogen-bond acceptors (Lipinski definition) is 3. The van der Waals surface area contributed by atoms with Crippen LogP contribution in [0.4, 0.5) is 0 Å². The fourth-order valence-electron chi connectivity index (χ4n) is 0.170. The van der Waals surface area contributed by atoms with E-state index in [2.05, 4.69) is 0 Å². The van der Waals surface area contributed by atoms with Gasteiger partial charge in [-0.15, -0.1) is 11.8 Å². The second-order valence-electron chi connectivity index (χ2n) is 1.24. The van der Waals surface area contributed by atoms with Crippen LogP contribution in [0.1, 0.15) is 6.92 Å².